The van der Waals surface area contributed by atoms with E-state index in [2.05, 4.69) is 50.8 Å². The minimum absolute atomic E-state index is 0.373. The molecule has 0 aliphatic heterocycles. The Morgan fingerprint density at radius 2 is 2.07 bits per heavy atom. The highest BCUT2D eigenvalue weighted by Crippen LogP contribution is 2.32. The minimum Gasteiger partial charge on any atom is -0.468 e. The van der Waals surface area contributed by atoms with Crippen molar-refractivity contribution in [3.63, 3.8) is 0 Å². The normalized spacial score (nSPS) is 11.0. The predicted octanol–water partition coefficient (Wildman–Crippen LogP) is 4.01. The zero-order valence-electron chi connectivity index (χ0n) is 15.4. The molecule has 0 amide bonds. The van der Waals surface area contributed by atoms with Gasteiger partial charge in [0, 0.05) is 59.3 Å². The van der Waals surface area contributed by atoms with E-state index in [1.54, 1.807) is 12.5 Å². The maximum absolute atomic E-state index is 10.4. The Morgan fingerprint density at radius 1 is 1.14 bits per heavy atom. The second-order valence-electron chi connectivity index (χ2n) is 6.63. The zero-order valence-corrected chi connectivity index (χ0v) is 15.4. The van der Waals surface area contributed by atoms with Crippen LogP contribution in [0.15, 0.2) is 55.1 Å². The Labute approximate surface area is 162 Å². The monoisotopic (exact) mass is 372 g/mol. The summed E-state index contributed by atoms with van der Waals surface area (Å²) in [6.07, 6.45) is 6.98. The first-order chi connectivity index (χ1) is 13.8. The van der Waals surface area contributed by atoms with Gasteiger partial charge in [-0.15, -0.1) is 0 Å². The quantitative estimate of drug-likeness (QED) is 0.267. The molecule has 0 spiro atoms. The topological polar surface area (TPSA) is 53.4 Å². The van der Waals surface area contributed by atoms with Gasteiger partial charge in [0.1, 0.15) is 0 Å². The molecule has 140 valence electrons. The van der Waals surface area contributed by atoms with Crippen LogP contribution in [0.3, 0.4) is 0 Å². The fraction of sp³-hybridized carbons (Fsp3) is 0.227. The molecule has 0 saturated carbocycles. The molecule has 0 bridgehead atoms. The van der Waals surface area contributed by atoms with E-state index in [0.717, 1.165) is 35.2 Å². The van der Waals surface area contributed by atoms with Crippen LogP contribution in [0.4, 0.5) is 0 Å². The minimum atomic E-state index is 0.373. The van der Waals surface area contributed by atoms with Crippen LogP contribution in [0.2, 0.25) is 0 Å². The van der Waals surface area contributed by atoms with Gasteiger partial charge in [0.05, 0.1) is 12.9 Å². The highest BCUT2D eigenvalue weighted by molar-refractivity contribution is 6.08. The Hall–Kier alpha value is -3.59. The van der Waals surface area contributed by atoms with E-state index >= 15 is 0 Å². The Morgan fingerprint density at radius 3 is 2.86 bits per heavy atom. The van der Waals surface area contributed by atoms with Crippen molar-refractivity contribution in [2.75, 3.05) is 13.2 Å². The molecule has 0 unspecified atom stereocenters. The average Bonchev–Trinajstić information content (AvgIpc) is 3.35. The second kappa shape index (κ2) is 7.97. The van der Waals surface area contributed by atoms with Gasteiger partial charge in [0.2, 0.25) is 6.54 Å². The molecule has 2 aromatic carbocycles. The standard InChI is InChI=1S/C22H20N4O2/c1-23-8-2-10-26-21-6-4-18(25-11-9-24-15-25)14-20(21)19-5-3-17(13-22(19)26)7-12-28-16-27/h3-6,9,11,13-16H,2,7-8,10,12H2. The van der Waals surface area contributed by atoms with Crippen LogP contribution in [-0.2, 0) is 22.5 Å². The smallest absolute Gasteiger partial charge is 0.293 e. The Bertz CT molecular complexity index is 1150. The number of aryl methyl sites for hydroxylation is 1. The highest BCUT2D eigenvalue weighted by atomic mass is 16.5. The molecule has 4 aromatic rings. The lowest BCUT2D eigenvalue weighted by atomic mass is 10.1. The molecule has 2 aromatic heterocycles. The summed E-state index contributed by atoms with van der Waals surface area (Å²) in [4.78, 5) is 18.0. The van der Waals surface area contributed by atoms with Crippen LogP contribution in [0.25, 0.3) is 32.3 Å². The van der Waals surface area contributed by atoms with Gasteiger partial charge in [-0.2, -0.15) is 0 Å². The highest BCUT2D eigenvalue weighted by Gasteiger charge is 2.13. The number of fused-ring (bicyclic) bond motifs is 3. The maximum atomic E-state index is 10.4. The first-order valence-electron chi connectivity index (χ1n) is 9.23. The largest absolute Gasteiger partial charge is 0.468 e. The third-order valence-corrected chi connectivity index (χ3v) is 4.94. The lowest BCUT2D eigenvalue weighted by molar-refractivity contribution is -0.128. The van der Waals surface area contributed by atoms with E-state index < -0.39 is 0 Å². The van der Waals surface area contributed by atoms with Gasteiger partial charge in [-0.1, -0.05) is 12.1 Å². The summed E-state index contributed by atoms with van der Waals surface area (Å²) in [6.45, 7) is 9.22. The van der Waals surface area contributed by atoms with Gasteiger partial charge in [-0.05, 0) is 29.8 Å². The number of hydrogen-bond donors (Lipinski definition) is 0. The van der Waals surface area contributed by atoms with Crippen LogP contribution in [-0.4, -0.2) is 33.7 Å². The fourth-order valence-corrected chi connectivity index (χ4v) is 3.63. The number of hydrogen-bond acceptors (Lipinski definition) is 3. The summed E-state index contributed by atoms with van der Waals surface area (Å²) < 4.78 is 9.13. The molecular formula is C22H20N4O2. The van der Waals surface area contributed by atoms with E-state index in [1.165, 1.54) is 10.8 Å². The molecule has 0 aliphatic carbocycles. The number of nitrogens with zero attached hydrogens (tertiary/aromatic N) is 4. The molecule has 0 aliphatic rings. The molecule has 2 heterocycles. The van der Waals surface area contributed by atoms with E-state index in [-0.39, 0.29) is 0 Å². The van der Waals surface area contributed by atoms with E-state index in [9.17, 15) is 4.79 Å². The molecule has 0 saturated heterocycles. The van der Waals surface area contributed by atoms with Crippen LogP contribution >= 0.6 is 0 Å². The number of imidazole rings is 1. The fourth-order valence-electron chi connectivity index (χ4n) is 3.63. The molecular weight excluding hydrogens is 352 g/mol. The third-order valence-electron chi connectivity index (χ3n) is 4.94. The van der Waals surface area contributed by atoms with Gasteiger partial charge in [-0.3, -0.25) is 4.79 Å². The molecule has 0 radical (unpaired) electrons. The predicted molar refractivity (Wildman–Crippen MR) is 108 cm³/mol. The third kappa shape index (κ3) is 3.35. The van der Waals surface area contributed by atoms with Crippen molar-refractivity contribution in [1.82, 2.24) is 14.1 Å². The number of carbonyl (C=O) groups excluding carboxylic acids is 1. The summed E-state index contributed by atoms with van der Waals surface area (Å²) in [5.74, 6) is 0. The van der Waals surface area contributed by atoms with Gasteiger partial charge in [0.15, 0.2) is 0 Å². The maximum Gasteiger partial charge on any atom is 0.293 e. The molecule has 6 nitrogen and oxygen atoms in total. The summed E-state index contributed by atoms with van der Waals surface area (Å²) in [6, 6.07) is 12.8. The number of aromatic nitrogens is 3. The molecule has 4 rings (SSSR count). The number of benzene rings is 2. The van der Waals surface area contributed by atoms with Gasteiger partial charge in [0.25, 0.3) is 6.47 Å². The lowest BCUT2D eigenvalue weighted by Crippen LogP contribution is -2.00. The summed E-state index contributed by atoms with van der Waals surface area (Å²) in [7, 11) is 0. The van der Waals surface area contributed by atoms with E-state index in [1.807, 2.05) is 10.8 Å². The van der Waals surface area contributed by atoms with Crippen molar-refractivity contribution in [1.29, 1.82) is 0 Å². The van der Waals surface area contributed by atoms with Gasteiger partial charge >= 0.3 is 0 Å². The van der Waals surface area contributed by atoms with Crippen molar-refractivity contribution in [3.8, 4) is 5.69 Å². The summed E-state index contributed by atoms with van der Waals surface area (Å²) in [5.41, 5.74) is 4.49. The lowest BCUT2D eigenvalue weighted by Gasteiger charge is -2.07. The van der Waals surface area contributed by atoms with Crippen LogP contribution in [0.5, 0.6) is 0 Å². The van der Waals surface area contributed by atoms with Crippen LogP contribution in [0, 0.1) is 6.57 Å². The summed E-state index contributed by atoms with van der Waals surface area (Å²) >= 11 is 0. The van der Waals surface area contributed by atoms with Crippen molar-refractivity contribution < 1.29 is 9.53 Å². The first kappa shape index (κ1) is 17.8. The Balaban J connectivity index is 1.83. The van der Waals surface area contributed by atoms with Crippen LogP contribution in [0.1, 0.15) is 12.0 Å². The van der Waals surface area contributed by atoms with E-state index in [4.69, 9.17) is 11.3 Å². The van der Waals surface area contributed by atoms with Crippen molar-refractivity contribution in [3.05, 3.63) is 72.1 Å². The molecule has 0 fully saturated rings. The van der Waals surface area contributed by atoms with Crippen molar-refractivity contribution in [2.45, 2.75) is 19.4 Å². The SMILES string of the molecule is [C-]#[N+]CCCn1c2ccc(-n3ccnc3)cc2c2ccc(CCOC=O)cc21. The molecule has 0 N–H and O–H groups in total. The average molecular weight is 372 g/mol. The molecule has 0 atom stereocenters. The molecule has 28 heavy (non-hydrogen) atoms. The van der Waals surface area contributed by atoms with Crippen LogP contribution < -0.4 is 0 Å². The molecule has 6 heteroatoms. The van der Waals surface area contributed by atoms with Crippen molar-refractivity contribution >= 4 is 28.3 Å². The van der Waals surface area contributed by atoms with Gasteiger partial charge < -0.3 is 18.7 Å². The number of carbonyl (C=O) groups is 1. The van der Waals surface area contributed by atoms with Gasteiger partial charge in [-0.25, -0.2) is 11.6 Å². The first-order valence-corrected chi connectivity index (χ1v) is 9.23. The number of ether oxygens (including phenoxy) is 1. The van der Waals surface area contributed by atoms with E-state index in [0.29, 0.717) is 26.0 Å². The van der Waals surface area contributed by atoms with Crippen molar-refractivity contribution in [2.24, 2.45) is 0 Å². The summed E-state index contributed by atoms with van der Waals surface area (Å²) in [5, 5.41) is 2.36. The zero-order chi connectivity index (χ0) is 19.3. The second-order valence-corrected chi connectivity index (χ2v) is 6.63. The Kier molecular flexibility index (Phi) is 5.07. The number of rotatable bonds is 8.